The van der Waals surface area contributed by atoms with Crippen LogP contribution in [-0.2, 0) is 9.59 Å². The number of carbonyl (C=O) groups is 2. The van der Waals surface area contributed by atoms with E-state index in [4.69, 9.17) is 9.94 Å². The number of carbonyl (C=O) groups excluding carboxylic acids is 1. The molecule has 0 aromatic carbocycles. The smallest absolute Gasteiger partial charge is 0.356 e. The molecule has 1 rings (SSSR count). The lowest BCUT2D eigenvalue weighted by Crippen LogP contribution is -2.16. The number of hydrogen-bond acceptors (Lipinski definition) is 4. The average molecular weight is 346 g/mol. The van der Waals surface area contributed by atoms with Gasteiger partial charge in [-0.1, -0.05) is 33.8 Å². The number of nitrogens with zero attached hydrogens (tertiary/aromatic N) is 2. The minimum atomic E-state index is -1.21. The lowest BCUT2D eigenvalue weighted by Gasteiger charge is -2.19. The molecule has 1 N–H and O–H groups in total. The van der Waals surface area contributed by atoms with Crippen molar-refractivity contribution in [2.24, 2.45) is 11.8 Å². The molecule has 3 atom stereocenters. The Labute approximate surface area is 148 Å². The van der Waals surface area contributed by atoms with Crippen LogP contribution in [0.4, 0.5) is 0 Å². The third-order valence-corrected chi connectivity index (χ3v) is 4.38. The van der Waals surface area contributed by atoms with Gasteiger partial charge in [0.2, 0.25) is 0 Å². The van der Waals surface area contributed by atoms with Crippen molar-refractivity contribution in [3.63, 3.8) is 0 Å². The van der Waals surface area contributed by atoms with Crippen LogP contribution in [0.2, 0.25) is 0 Å². The van der Waals surface area contributed by atoms with Crippen LogP contribution in [0.1, 0.15) is 51.6 Å². The molecule has 0 fully saturated rings. The fourth-order valence-electron chi connectivity index (χ4n) is 2.42. The lowest BCUT2D eigenvalue weighted by atomic mass is 9.86. The van der Waals surface area contributed by atoms with E-state index in [1.54, 1.807) is 6.20 Å². The normalized spacial score (nSPS) is 14.5. The highest BCUT2D eigenvalue weighted by molar-refractivity contribution is 5.90. The minimum Gasteiger partial charge on any atom is -0.478 e. The molecular weight excluding hydrogens is 320 g/mol. The Bertz CT molecular complexity index is 656. The van der Waals surface area contributed by atoms with Crippen molar-refractivity contribution in [1.29, 1.82) is 0 Å². The van der Waals surface area contributed by atoms with Crippen LogP contribution in [0, 0.1) is 11.8 Å². The summed E-state index contributed by atoms with van der Waals surface area (Å²) in [5, 5.41) is 8.49. The fraction of sp³-hybridized carbons (Fsp3) is 0.474. The first-order chi connectivity index (χ1) is 11.9. The first-order valence-electron chi connectivity index (χ1n) is 8.40. The highest BCUT2D eigenvalue weighted by Gasteiger charge is 2.16. The van der Waals surface area contributed by atoms with Gasteiger partial charge in [0.15, 0.2) is 0 Å². The molecule has 6 nitrogen and oxygen atoms in total. The van der Waals surface area contributed by atoms with Crippen molar-refractivity contribution in [1.82, 2.24) is 9.71 Å². The van der Waals surface area contributed by atoms with Gasteiger partial charge in [0.05, 0.1) is 11.9 Å². The molecule has 1 heterocycles. The second kappa shape index (κ2) is 10.3. The molecule has 1 aromatic heterocycles. The van der Waals surface area contributed by atoms with Crippen LogP contribution >= 0.6 is 0 Å². The fourth-order valence-corrected chi connectivity index (χ4v) is 2.42. The Hall–Kier alpha value is -2.59. The van der Waals surface area contributed by atoms with E-state index >= 15 is 0 Å². The van der Waals surface area contributed by atoms with Gasteiger partial charge in [0.25, 0.3) is 0 Å². The number of carboxylic acids is 1. The molecule has 0 aliphatic heterocycles. The molecule has 0 saturated heterocycles. The monoisotopic (exact) mass is 346 g/mol. The van der Waals surface area contributed by atoms with Gasteiger partial charge in [-0.3, -0.25) is 0 Å². The summed E-state index contributed by atoms with van der Waals surface area (Å²) < 4.78 is 1.17. The van der Waals surface area contributed by atoms with Gasteiger partial charge in [0.1, 0.15) is 6.33 Å². The SMILES string of the molecule is C=C=CC(CCC(C)C(C)CC)c1cn(OC(=O)/C=C/C(=O)O)cn1. The Morgan fingerprint density at radius 1 is 1.36 bits per heavy atom. The minimum absolute atomic E-state index is 0.0403. The molecule has 0 aliphatic carbocycles. The number of imidazole rings is 1. The van der Waals surface area contributed by atoms with Gasteiger partial charge in [-0.2, -0.15) is 4.73 Å². The zero-order valence-corrected chi connectivity index (χ0v) is 15.0. The third kappa shape index (κ3) is 7.23. The van der Waals surface area contributed by atoms with Crippen molar-refractivity contribution < 1.29 is 19.5 Å². The van der Waals surface area contributed by atoms with E-state index in [0.717, 1.165) is 37.1 Å². The molecule has 136 valence electrons. The Morgan fingerprint density at radius 2 is 2.08 bits per heavy atom. The predicted molar refractivity (Wildman–Crippen MR) is 94.9 cm³/mol. The zero-order chi connectivity index (χ0) is 18.8. The third-order valence-electron chi connectivity index (χ3n) is 4.38. The van der Waals surface area contributed by atoms with Gasteiger partial charge < -0.3 is 9.94 Å². The molecular formula is C19H26N2O4. The molecule has 1 aromatic rings. The van der Waals surface area contributed by atoms with Crippen LogP contribution in [0.5, 0.6) is 0 Å². The van der Waals surface area contributed by atoms with E-state index in [1.807, 2.05) is 6.08 Å². The van der Waals surface area contributed by atoms with Gasteiger partial charge in [-0.05, 0) is 30.8 Å². The van der Waals surface area contributed by atoms with E-state index in [2.05, 4.69) is 38.1 Å². The summed E-state index contributed by atoms with van der Waals surface area (Å²) in [4.78, 5) is 31.1. The molecule has 3 unspecified atom stereocenters. The van der Waals surface area contributed by atoms with Crippen molar-refractivity contribution in [2.75, 3.05) is 0 Å². The average Bonchev–Trinajstić information content (AvgIpc) is 3.03. The van der Waals surface area contributed by atoms with Crippen LogP contribution in [0.3, 0.4) is 0 Å². The maximum Gasteiger partial charge on any atom is 0.356 e. The first kappa shape index (κ1) is 20.5. The summed E-state index contributed by atoms with van der Waals surface area (Å²) in [5.41, 5.74) is 3.56. The first-order valence-corrected chi connectivity index (χ1v) is 8.40. The highest BCUT2D eigenvalue weighted by atomic mass is 16.7. The number of carboxylic acid groups (broad SMARTS) is 1. The van der Waals surface area contributed by atoms with E-state index in [0.29, 0.717) is 11.8 Å². The summed E-state index contributed by atoms with van der Waals surface area (Å²) in [5.74, 6) is -0.694. The zero-order valence-electron chi connectivity index (χ0n) is 15.0. The highest BCUT2D eigenvalue weighted by Crippen LogP contribution is 2.27. The summed E-state index contributed by atoms with van der Waals surface area (Å²) in [6, 6.07) is 0. The van der Waals surface area contributed by atoms with Crippen molar-refractivity contribution in [2.45, 2.75) is 46.0 Å². The number of allylic oxidation sites excluding steroid dienone is 1. The number of rotatable bonds is 10. The maximum atomic E-state index is 11.5. The molecule has 0 aliphatic rings. The summed E-state index contributed by atoms with van der Waals surface area (Å²) in [7, 11) is 0. The molecule has 0 spiro atoms. The van der Waals surface area contributed by atoms with Crippen LogP contribution in [0.25, 0.3) is 0 Å². The van der Waals surface area contributed by atoms with Crippen molar-refractivity contribution in [3.05, 3.63) is 48.8 Å². The van der Waals surface area contributed by atoms with E-state index < -0.39 is 11.9 Å². The van der Waals surface area contributed by atoms with E-state index in [-0.39, 0.29) is 5.92 Å². The Kier molecular flexibility index (Phi) is 8.44. The van der Waals surface area contributed by atoms with Gasteiger partial charge in [-0.25, -0.2) is 14.6 Å². The number of hydrogen-bond donors (Lipinski definition) is 1. The molecule has 6 heteroatoms. The lowest BCUT2D eigenvalue weighted by molar-refractivity contribution is -0.139. The van der Waals surface area contributed by atoms with Gasteiger partial charge >= 0.3 is 11.9 Å². The summed E-state index contributed by atoms with van der Waals surface area (Å²) in [6.07, 6.45) is 9.52. The summed E-state index contributed by atoms with van der Waals surface area (Å²) in [6.45, 7) is 10.3. The predicted octanol–water partition coefficient (Wildman–Crippen LogP) is 3.37. The molecule has 25 heavy (non-hydrogen) atoms. The van der Waals surface area contributed by atoms with Crippen molar-refractivity contribution >= 4 is 11.9 Å². The van der Waals surface area contributed by atoms with Crippen LogP contribution < -0.4 is 4.84 Å². The number of aliphatic carboxylic acids is 1. The largest absolute Gasteiger partial charge is 0.478 e. The Balaban J connectivity index is 2.72. The number of aromatic nitrogens is 2. The maximum absolute atomic E-state index is 11.5. The van der Waals surface area contributed by atoms with Gasteiger partial charge in [-0.15, -0.1) is 5.73 Å². The Morgan fingerprint density at radius 3 is 2.68 bits per heavy atom. The topological polar surface area (TPSA) is 81.4 Å². The quantitative estimate of drug-likeness (QED) is 0.519. The second-order valence-electron chi connectivity index (χ2n) is 6.16. The van der Waals surface area contributed by atoms with E-state index in [9.17, 15) is 9.59 Å². The molecule has 0 amide bonds. The molecule has 0 bridgehead atoms. The van der Waals surface area contributed by atoms with Crippen LogP contribution in [0.15, 0.2) is 43.1 Å². The van der Waals surface area contributed by atoms with Crippen molar-refractivity contribution in [3.8, 4) is 0 Å². The van der Waals surface area contributed by atoms with Crippen LogP contribution in [-0.4, -0.2) is 26.8 Å². The second-order valence-corrected chi connectivity index (χ2v) is 6.16. The molecule has 0 radical (unpaired) electrons. The van der Waals surface area contributed by atoms with Gasteiger partial charge in [0, 0.05) is 18.1 Å². The summed E-state index contributed by atoms with van der Waals surface area (Å²) >= 11 is 0. The standard InChI is InChI=1S/C19H26N2O4/c1-5-7-16(9-8-15(4)14(3)6-2)17-12-21(13-20-17)25-19(24)11-10-18(22)23/h7,10-16H,1,6,8-9H2,2-4H3,(H,22,23)/b11-10+. The van der Waals surface area contributed by atoms with E-state index in [1.165, 1.54) is 11.1 Å². The molecule has 0 saturated carbocycles.